The molecule has 0 bridgehead atoms. The zero-order chi connectivity index (χ0) is 53.8. The largest absolute Gasteiger partial charge is 0.748 e. The first-order valence-electron chi connectivity index (χ1n) is 25.2. The topological polar surface area (TPSA) is 236 Å². The molecule has 2 fully saturated rings. The number of rotatable bonds is 28. The van der Waals surface area contributed by atoms with Gasteiger partial charge in [-0.1, -0.05) is 100 Å². The third-order valence-electron chi connectivity index (χ3n) is 12.8. The summed E-state index contributed by atoms with van der Waals surface area (Å²) in [6.07, 6.45) is 4.04. The molecule has 0 aliphatic carbocycles. The monoisotopic (exact) mass is 1030 g/mol. The zero-order valence-corrected chi connectivity index (χ0v) is 44.6. The summed E-state index contributed by atoms with van der Waals surface area (Å²) in [5.41, 5.74) is 2.41. The summed E-state index contributed by atoms with van der Waals surface area (Å²) in [5.74, 6) is -2.81. The fourth-order valence-corrected chi connectivity index (χ4v) is 8.89. The van der Waals surface area contributed by atoms with Crippen LogP contribution in [0.1, 0.15) is 102 Å². The Morgan fingerprint density at radius 3 is 1.95 bits per heavy atom. The molecule has 17 nitrogen and oxygen atoms in total. The number of aryl methyl sites for hydroxylation is 1. The van der Waals surface area contributed by atoms with E-state index in [2.05, 4.69) is 15.8 Å². The molecule has 5 atom stereocenters. The van der Waals surface area contributed by atoms with E-state index in [9.17, 15) is 28.8 Å². The van der Waals surface area contributed by atoms with Crippen molar-refractivity contribution in [3.63, 3.8) is 0 Å². The Kier molecular flexibility index (Phi) is 23.5. The maximum atomic E-state index is 14.6. The fraction of sp³-hybridized carbons (Fsp3) is 0.545. The highest BCUT2D eigenvalue weighted by Gasteiger charge is 2.50. The van der Waals surface area contributed by atoms with Gasteiger partial charge in [0.15, 0.2) is 17.3 Å². The van der Waals surface area contributed by atoms with E-state index in [1.807, 2.05) is 100 Å². The van der Waals surface area contributed by atoms with Crippen molar-refractivity contribution in [1.82, 2.24) is 10.6 Å². The maximum absolute atomic E-state index is 14.6. The summed E-state index contributed by atoms with van der Waals surface area (Å²) in [4.78, 5) is 88.5. The van der Waals surface area contributed by atoms with Gasteiger partial charge >= 0.3 is 5.97 Å². The average Bonchev–Trinajstić information content (AvgIpc) is 4.09. The van der Waals surface area contributed by atoms with Crippen molar-refractivity contribution in [2.45, 2.75) is 117 Å². The van der Waals surface area contributed by atoms with Crippen LogP contribution in [0, 0.1) is 23.7 Å². The molecule has 0 saturated carbocycles. The van der Waals surface area contributed by atoms with Gasteiger partial charge in [-0.25, -0.2) is 8.42 Å². The van der Waals surface area contributed by atoms with Crippen molar-refractivity contribution in [3.8, 4) is 5.75 Å². The van der Waals surface area contributed by atoms with Gasteiger partial charge in [0.25, 0.3) is 0 Å². The first kappa shape index (κ1) is 59.9. The van der Waals surface area contributed by atoms with Crippen molar-refractivity contribution in [2.75, 3.05) is 52.8 Å². The number of nitrogens with one attached hydrogen (secondary N) is 2. The SMILES string of the molecule is CCC(=O)Oc1ccc(C[N+]2(CC(=O)C[C@@H](CCc3ccccc3)C(=O)N[C@@H](CC(C)C)C(=O)C[C@@H](Cc3ccccc3)C(=O)N[C@@H](CC(C)C)C(=O)[C@@]3(C)CO3)CCOCC2)cc1/C=N/OC.CS(=O)(=O)[O-]. The Labute approximate surface area is 431 Å². The molecule has 2 amide bonds. The van der Waals surface area contributed by atoms with Crippen LogP contribution in [0.2, 0.25) is 0 Å². The van der Waals surface area contributed by atoms with Crippen molar-refractivity contribution in [3.05, 3.63) is 101 Å². The Morgan fingerprint density at radius 2 is 1.38 bits per heavy atom. The number of morpholine rings is 1. The number of carbonyl (C=O) groups excluding carboxylic acids is 6. The van der Waals surface area contributed by atoms with Gasteiger partial charge in [0.2, 0.25) is 11.8 Å². The van der Waals surface area contributed by atoms with E-state index in [1.54, 1.807) is 19.9 Å². The fourth-order valence-electron chi connectivity index (χ4n) is 8.89. The number of ether oxygens (including phenoxy) is 3. The second kappa shape index (κ2) is 28.7. The van der Waals surface area contributed by atoms with Crippen LogP contribution in [0.25, 0.3) is 0 Å². The Bertz CT molecular complexity index is 2430. The van der Waals surface area contributed by atoms with E-state index >= 15 is 0 Å². The third kappa shape index (κ3) is 21.4. The number of quaternary nitrogens is 1. The summed E-state index contributed by atoms with van der Waals surface area (Å²) in [6, 6.07) is 23.0. The lowest BCUT2D eigenvalue weighted by atomic mass is 9.87. The molecule has 73 heavy (non-hydrogen) atoms. The van der Waals surface area contributed by atoms with Crippen LogP contribution in [0.15, 0.2) is 84.0 Å². The van der Waals surface area contributed by atoms with E-state index in [0.29, 0.717) is 87.2 Å². The number of esters is 1. The molecule has 0 unspecified atom stereocenters. The standard InChI is InChI=1S/C54H72N4O10.CH4O3S/c1-8-50(61)68-49-22-20-41(30-44(49)33-55-65-7)34-58(23-25-66-26-24-58)35-45(59)31-42(21-19-39-15-11-9-12-16-39)52(63)56-46(27-37(2)3)48(60)32-43(29-40-17-13-10-14-18-40)53(64)57-47(28-38(4)5)51(62)54(6)36-67-54;1-5(2,3)4/h9-18,20,22,30,33,37-38,42-43,46-47H,8,19,21,23-29,31-32,34-36H2,1-7H3,(H-,56,57,63,64);1H3,(H,2,3,4)/b55-33+;/t42-,43-,46+,47+,54-;/m1./s1. The summed E-state index contributed by atoms with van der Waals surface area (Å²) in [6.45, 7) is 14.4. The van der Waals surface area contributed by atoms with E-state index < -0.39 is 45.5 Å². The van der Waals surface area contributed by atoms with E-state index in [-0.39, 0.29) is 73.3 Å². The molecule has 0 aromatic heterocycles. The molecule has 0 spiro atoms. The van der Waals surface area contributed by atoms with Crippen LogP contribution in [-0.2, 0) is 72.6 Å². The zero-order valence-electron chi connectivity index (χ0n) is 43.8. The normalized spacial score (nSPS) is 17.8. The second-order valence-corrected chi connectivity index (χ2v) is 21.7. The minimum absolute atomic E-state index is 0.0158. The smallest absolute Gasteiger partial charge is 0.310 e. The molecule has 400 valence electrons. The highest BCUT2D eigenvalue weighted by atomic mass is 32.2. The molecule has 2 saturated heterocycles. The summed E-state index contributed by atoms with van der Waals surface area (Å²) in [7, 11) is -2.49. The predicted octanol–water partition coefficient (Wildman–Crippen LogP) is 5.94. The van der Waals surface area contributed by atoms with Crippen LogP contribution in [0.3, 0.4) is 0 Å². The van der Waals surface area contributed by atoms with Crippen LogP contribution in [-0.4, -0.2) is 129 Å². The summed E-state index contributed by atoms with van der Waals surface area (Å²) < 4.78 is 44.4. The number of oxime groups is 1. The van der Waals surface area contributed by atoms with E-state index in [0.717, 1.165) is 16.7 Å². The maximum Gasteiger partial charge on any atom is 0.310 e. The van der Waals surface area contributed by atoms with Crippen LogP contribution in [0.4, 0.5) is 0 Å². The van der Waals surface area contributed by atoms with Gasteiger partial charge in [0, 0.05) is 48.5 Å². The minimum Gasteiger partial charge on any atom is -0.748 e. The van der Waals surface area contributed by atoms with Crippen LogP contribution >= 0.6 is 0 Å². The number of hydrogen-bond donors (Lipinski definition) is 2. The highest BCUT2D eigenvalue weighted by Crippen LogP contribution is 2.31. The lowest BCUT2D eigenvalue weighted by Crippen LogP contribution is -2.57. The Hall–Kier alpha value is -5.66. The van der Waals surface area contributed by atoms with Gasteiger partial charge in [0.05, 0.1) is 48.2 Å². The van der Waals surface area contributed by atoms with Crippen LogP contribution < -0.4 is 15.4 Å². The molecule has 2 N–H and O–H groups in total. The number of Topliss-reactive ketones (excluding diaryl/α,β-unsaturated/α-hetero) is 3. The second-order valence-electron chi connectivity index (χ2n) is 20.3. The average molecular weight is 1030 g/mol. The molecule has 2 heterocycles. The number of hydrogen-bond acceptors (Lipinski definition) is 14. The quantitative estimate of drug-likeness (QED) is 0.0163. The van der Waals surface area contributed by atoms with E-state index in [1.165, 1.54) is 13.3 Å². The molecular formula is C55H76N4O13S. The van der Waals surface area contributed by atoms with Crippen molar-refractivity contribution < 1.29 is 65.3 Å². The number of ketones is 3. The van der Waals surface area contributed by atoms with Gasteiger partial charge < -0.3 is 38.7 Å². The van der Waals surface area contributed by atoms with E-state index in [4.69, 9.17) is 32.0 Å². The highest BCUT2D eigenvalue weighted by molar-refractivity contribution is 7.84. The minimum atomic E-state index is -3.92. The van der Waals surface area contributed by atoms with Gasteiger partial charge in [-0.3, -0.25) is 28.8 Å². The molecule has 2 aliphatic rings. The van der Waals surface area contributed by atoms with Gasteiger partial charge in [-0.15, -0.1) is 0 Å². The van der Waals surface area contributed by atoms with Crippen molar-refractivity contribution in [1.29, 1.82) is 0 Å². The summed E-state index contributed by atoms with van der Waals surface area (Å²) >= 11 is 0. The predicted molar refractivity (Wildman–Crippen MR) is 275 cm³/mol. The number of amides is 2. The molecule has 0 radical (unpaired) electrons. The molecule has 3 aromatic carbocycles. The Balaban J connectivity index is 0.00000220. The molecule has 5 rings (SSSR count). The van der Waals surface area contributed by atoms with Crippen LogP contribution in [0.5, 0.6) is 5.75 Å². The molecular weight excluding hydrogens is 957 g/mol. The summed E-state index contributed by atoms with van der Waals surface area (Å²) in [5, 5.41) is 10.00. The van der Waals surface area contributed by atoms with Crippen molar-refractivity contribution >= 4 is 51.5 Å². The Morgan fingerprint density at radius 1 is 0.822 bits per heavy atom. The van der Waals surface area contributed by atoms with Gasteiger partial charge in [0.1, 0.15) is 44.6 Å². The third-order valence-corrected chi connectivity index (χ3v) is 12.8. The number of benzene rings is 3. The number of epoxide rings is 1. The van der Waals surface area contributed by atoms with Gasteiger partial charge in [-0.2, -0.15) is 0 Å². The number of carbonyl (C=O) groups is 6. The molecule has 3 aromatic rings. The first-order valence-corrected chi connectivity index (χ1v) is 27.0. The number of nitrogens with zero attached hydrogens (tertiary/aromatic N) is 2. The lowest BCUT2D eigenvalue weighted by Gasteiger charge is -2.41. The first-order chi connectivity index (χ1) is 34.5. The van der Waals surface area contributed by atoms with Gasteiger partial charge in [-0.05, 0) is 80.2 Å². The lowest BCUT2D eigenvalue weighted by molar-refractivity contribution is -0.940. The van der Waals surface area contributed by atoms with Crippen molar-refractivity contribution in [2.24, 2.45) is 28.8 Å². The molecule has 2 aliphatic heterocycles. The molecule has 18 heteroatoms.